The monoisotopic (exact) mass is 326 g/mol. The summed E-state index contributed by atoms with van der Waals surface area (Å²) in [5, 5.41) is 9.76. The Morgan fingerprint density at radius 2 is 2.00 bits per heavy atom. The van der Waals surface area contributed by atoms with Crippen LogP contribution in [0.4, 0.5) is 0 Å². The third kappa shape index (κ3) is 3.46. The summed E-state index contributed by atoms with van der Waals surface area (Å²) in [6.07, 6.45) is 4.39. The van der Waals surface area contributed by atoms with Crippen molar-refractivity contribution in [1.82, 2.24) is 14.9 Å². The minimum atomic E-state index is -0.386. The van der Waals surface area contributed by atoms with E-state index in [1.54, 1.807) is 0 Å². The lowest BCUT2D eigenvalue weighted by molar-refractivity contribution is 0.331. The summed E-state index contributed by atoms with van der Waals surface area (Å²) < 4.78 is 0. The summed E-state index contributed by atoms with van der Waals surface area (Å²) >= 11 is 1.35. The fourth-order valence-electron chi connectivity index (χ4n) is 2.83. The molecular weight excluding hydrogens is 308 g/mol. The van der Waals surface area contributed by atoms with Crippen molar-refractivity contribution >= 4 is 11.8 Å². The van der Waals surface area contributed by atoms with Gasteiger partial charge >= 0.3 is 0 Å². The van der Waals surface area contributed by atoms with Crippen molar-refractivity contribution in [3.8, 4) is 17.3 Å². The van der Waals surface area contributed by atoms with Gasteiger partial charge in [0.05, 0.1) is 5.69 Å². The molecule has 0 radical (unpaired) electrons. The summed E-state index contributed by atoms with van der Waals surface area (Å²) in [6.45, 7) is 3.27. The molecule has 1 N–H and O–H groups in total. The van der Waals surface area contributed by atoms with Crippen LogP contribution >= 0.6 is 11.8 Å². The number of thioether (sulfide) groups is 1. The lowest BCUT2D eigenvalue weighted by atomic mass is 10.1. The van der Waals surface area contributed by atoms with Gasteiger partial charge in [-0.05, 0) is 37.8 Å². The van der Waals surface area contributed by atoms with E-state index in [-0.39, 0.29) is 11.1 Å². The Balaban J connectivity index is 1.91. The predicted octanol–water partition coefficient (Wildman–Crippen LogP) is 2.63. The first kappa shape index (κ1) is 15.8. The Hall–Kier alpha value is -2.10. The minimum absolute atomic E-state index is 0.0649. The zero-order chi connectivity index (χ0) is 16.2. The van der Waals surface area contributed by atoms with E-state index in [9.17, 15) is 10.1 Å². The Bertz CT molecular complexity index is 786. The van der Waals surface area contributed by atoms with Crippen LogP contribution in [0.15, 0.2) is 34.2 Å². The van der Waals surface area contributed by atoms with Crippen LogP contribution in [0.1, 0.15) is 24.0 Å². The molecule has 1 saturated heterocycles. The Morgan fingerprint density at radius 3 is 2.61 bits per heavy atom. The van der Waals surface area contributed by atoms with Gasteiger partial charge in [0.25, 0.3) is 5.56 Å². The molecule has 0 atom stereocenters. The third-order valence-electron chi connectivity index (χ3n) is 4.04. The minimum Gasteiger partial charge on any atom is -0.300 e. The first-order valence-corrected chi connectivity index (χ1v) is 8.84. The molecule has 1 fully saturated rings. The number of likely N-dealkylation sites (tertiary alicyclic amines) is 1. The van der Waals surface area contributed by atoms with Gasteiger partial charge < -0.3 is 4.98 Å². The van der Waals surface area contributed by atoms with Gasteiger partial charge in [-0.25, -0.2) is 4.98 Å². The molecule has 1 aliphatic rings. The van der Waals surface area contributed by atoms with E-state index in [2.05, 4.69) is 27.0 Å². The van der Waals surface area contributed by atoms with Crippen molar-refractivity contribution in [2.45, 2.75) is 24.5 Å². The fraction of sp³-hybridized carbons (Fsp3) is 0.353. The van der Waals surface area contributed by atoms with Crippen molar-refractivity contribution in [3.05, 3.63) is 45.7 Å². The second kappa shape index (κ2) is 6.99. The molecule has 0 spiro atoms. The molecule has 23 heavy (non-hydrogen) atoms. The van der Waals surface area contributed by atoms with Gasteiger partial charge in [-0.15, -0.1) is 0 Å². The number of aromatic amines is 1. The second-order valence-electron chi connectivity index (χ2n) is 5.59. The maximum Gasteiger partial charge on any atom is 0.270 e. The van der Waals surface area contributed by atoms with Crippen molar-refractivity contribution < 1.29 is 0 Å². The molecule has 6 heteroatoms. The number of rotatable bonds is 4. The Morgan fingerprint density at radius 1 is 1.30 bits per heavy atom. The van der Waals surface area contributed by atoms with Gasteiger partial charge in [0.1, 0.15) is 11.6 Å². The van der Waals surface area contributed by atoms with Gasteiger partial charge in [-0.3, -0.25) is 9.69 Å². The Labute approximate surface area is 139 Å². The number of aromatic nitrogens is 2. The molecule has 1 aromatic carbocycles. The zero-order valence-electron chi connectivity index (χ0n) is 13.0. The number of nitrogens with one attached hydrogen (secondary N) is 1. The van der Waals surface area contributed by atoms with Crippen LogP contribution in [0.25, 0.3) is 11.3 Å². The maximum absolute atomic E-state index is 12.0. The van der Waals surface area contributed by atoms with Crippen LogP contribution in [0.2, 0.25) is 0 Å². The topological polar surface area (TPSA) is 72.8 Å². The first-order chi connectivity index (χ1) is 11.2. The summed E-state index contributed by atoms with van der Waals surface area (Å²) in [7, 11) is 0. The molecule has 1 aromatic heterocycles. The highest BCUT2D eigenvalue weighted by molar-refractivity contribution is 7.98. The van der Waals surface area contributed by atoms with Crippen molar-refractivity contribution in [2.24, 2.45) is 0 Å². The van der Waals surface area contributed by atoms with Crippen LogP contribution in [-0.4, -0.2) is 34.2 Å². The number of benzene rings is 1. The van der Waals surface area contributed by atoms with Crippen LogP contribution in [0, 0.1) is 11.3 Å². The first-order valence-electron chi connectivity index (χ1n) is 7.61. The molecule has 0 bridgehead atoms. The normalized spacial score (nSPS) is 14.8. The van der Waals surface area contributed by atoms with Crippen molar-refractivity contribution in [1.29, 1.82) is 5.26 Å². The molecular formula is C17H18N4OS. The van der Waals surface area contributed by atoms with Gasteiger partial charge in [0, 0.05) is 12.1 Å². The highest BCUT2D eigenvalue weighted by atomic mass is 32.2. The standard InChI is InChI=1S/C17H18N4OS/c1-23-17-19-15(14(10-18)16(22)20-17)13-6-4-12(5-7-13)11-21-8-2-3-9-21/h4-7H,2-3,8-9,11H2,1H3,(H,19,20,22). The lowest BCUT2D eigenvalue weighted by Gasteiger charge is -2.14. The van der Waals surface area contributed by atoms with E-state index in [0.717, 1.165) is 25.2 Å². The van der Waals surface area contributed by atoms with E-state index in [1.165, 1.54) is 30.2 Å². The van der Waals surface area contributed by atoms with E-state index in [4.69, 9.17) is 0 Å². The molecule has 2 heterocycles. The van der Waals surface area contributed by atoms with Crippen LogP contribution in [0.3, 0.4) is 0 Å². The van der Waals surface area contributed by atoms with E-state index in [1.807, 2.05) is 24.5 Å². The number of hydrogen-bond acceptors (Lipinski definition) is 5. The number of hydrogen-bond donors (Lipinski definition) is 1. The number of H-pyrrole nitrogens is 1. The average Bonchev–Trinajstić information content (AvgIpc) is 3.07. The molecule has 1 aliphatic heterocycles. The van der Waals surface area contributed by atoms with Gasteiger partial charge in [-0.2, -0.15) is 5.26 Å². The van der Waals surface area contributed by atoms with E-state index in [0.29, 0.717) is 10.9 Å². The molecule has 0 unspecified atom stereocenters. The molecule has 0 amide bonds. The average molecular weight is 326 g/mol. The molecule has 2 aromatic rings. The highest BCUT2D eigenvalue weighted by Crippen LogP contribution is 2.22. The summed E-state index contributed by atoms with van der Waals surface area (Å²) in [5.74, 6) is 0. The highest BCUT2D eigenvalue weighted by Gasteiger charge is 2.14. The van der Waals surface area contributed by atoms with Gasteiger partial charge in [0.2, 0.25) is 0 Å². The fourth-order valence-corrected chi connectivity index (χ4v) is 3.21. The Kier molecular flexibility index (Phi) is 4.79. The second-order valence-corrected chi connectivity index (χ2v) is 6.39. The number of nitriles is 1. The zero-order valence-corrected chi connectivity index (χ0v) is 13.8. The smallest absolute Gasteiger partial charge is 0.270 e. The van der Waals surface area contributed by atoms with Crippen molar-refractivity contribution in [3.63, 3.8) is 0 Å². The van der Waals surface area contributed by atoms with Crippen LogP contribution in [-0.2, 0) is 6.54 Å². The van der Waals surface area contributed by atoms with E-state index < -0.39 is 0 Å². The van der Waals surface area contributed by atoms with Gasteiger partial charge in [0.15, 0.2) is 5.16 Å². The lowest BCUT2D eigenvalue weighted by Crippen LogP contribution is -2.18. The summed E-state index contributed by atoms with van der Waals surface area (Å²) in [6, 6.07) is 9.95. The van der Waals surface area contributed by atoms with E-state index >= 15 is 0 Å². The molecule has 5 nitrogen and oxygen atoms in total. The third-order valence-corrected chi connectivity index (χ3v) is 4.62. The largest absolute Gasteiger partial charge is 0.300 e. The number of nitrogens with zero attached hydrogens (tertiary/aromatic N) is 3. The SMILES string of the molecule is CSc1nc(-c2ccc(CN3CCCC3)cc2)c(C#N)c(=O)[nH]1. The van der Waals surface area contributed by atoms with Crippen LogP contribution in [0.5, 0.6) is 0 Å². The summed E-state index contributed by atoms with van der Waals surface area (Å²) in [5.41, 5.74) is 2.17. The summed E-state index contributed by atoms with van der Waals surface area (Å²) in [4.78, 5) is 21.4. The molecule has 3 rings (SSSR count). The molecule has 0 saturated carbocycles. The molecule has 0 aliphatic carbocycles. The molecule has 118 valence electrons. The van der Waals surface area contributed by atoms with Crippen LogP contribution < -0.4 is 5.56 Å². The quantitative estimate of drug-likeness (QED) is 0.691. The van der Waals surface area contributed by atoms with Crippen molar-refractivity contribution in [2.75, 3.05) is 19.3 Å². The van der Waals surface area contributed by atoms with Gasteiger partial charge in [-0.1, -0.05) is 36.0 Å². The maximum atomic E-state index is 12.0. The predicted molar refractivity (Wildman–Crippen MR) is 91.3 cm³/mol.